The van der Waals surface area contributed by atoms with Gasteiger partial charge in [-0.25, -0.2) is 4.79 Å². The number of rotatable bonds is 4. The summed E-state index contributed by atoms with van der Waals surface area (Å²) in [5, 5.41) is 10.2. The average molecular weight is 248 g/mol. The van der Waals surface area contributed by atoms with Crippen molar-refractivity contribution in [2.24, 2.45) is 7.05 Å². The number of benzene rings is 1. The van der Waals surface area contributed by atoms with Gasteiger partial charge < -0.3 is 14.4 Å². The Morgan fingerprint density at radius 3 is 2.67 bits per heavy atom. The molecular weight excluding hydrogens is 232 g/mol. The molecule has 18 heavy (non-hydrogen) atoms. The fourth-order valence-corrected chi connectivity index (χ4v) is 1.88. The lowest BCUT2D eigenvalue weighted by Gasteiger charge is -2.14. The summed E-state index contributed by atoms with van der Waals surface area (Å²) in [6.07, 6.45) is 2.54. The minimum Gasteiger partial charge on any atom is -0.496 e. The Bertz CT molecular complexity index is 586. The number of methoxy groups -OCH3 is 1. The van der Waals surface area contributed by atoms with Gasteiger partial charge in [0, 0.05) is 25.0 Å². The van der Waals surface area contributed by atoms with Crippen LogP contribution in [-0.4, -0.2) is 21.4 Å². The van der Waals surface area contributed by atoms with Crippen LogP contribution in [0, 0.1) is 0 Å². The highest BCUT2D eigenvalue weighted by molar-refractivity contribution is 5.34. The molecule has 2 rings (SSSR count). The van der Waals surface area contributed by atoms with Crippen molar-refractivity contribution in [2.45, 2.75) is 12.6 Å². The molecule has 0 aliphatic rings. The van der Waals surface area contributed by atoms with E-state index < -0.39 is 6.10 Å². The van der Waals surface area contributed by atoms with Crippen molar-refractivity contribution < 1.29 is 9.84 Å². The molecule has 0 fully saturated rings. The smallest absolute Gasteiger partial charge is 0.327 e. The Morgan fingerprint density at radius 1 is 1.33 bits per heavy atom. The molecule has 0 bridgehead atoms. The van der Waals surface area contributed by atoms with E-state index >= 15 is 0 Å². The molecule has 1 atom stereocenters. The third kappa shape index (κ3) is 2.31. The molecule has 0 radical (unpaired) electrons. The first kappa shape index (κ1) is 12.4. The van der Waals surface area contributed by atoms with Gasteiger partial charge in [0.1, 0.15) is 11.9 Å². The summed E-state index contributed by atoms with van der Waals surface area (Å²) in [7, 11) is 3.23. The van der Waals surface area contributed by atoms with Crippen LogP contribution >= 0.6 is 0 Å². The monoisotopic (exact) mass is 248 g/mol. The van der Waals surface area contributed by atoms with Crippen LogP contribution in [0.3, 0.4) is 0 Å². The van der Waals surface area contributed by atoms with Gasteiger partial charge in [0.15, 0.2) is 0 Å². The predicted molar refractivity (Wildman–Crippen MR) is 67.6 cm³/mol. The number of aryl methyl sites for hydroxylation is 1. The van der Waals surface area contributed by atoms with Crippen LogP contribution in [0.5, 0.6) is 5.75 Å². The maximum atomic E-state index is 11.7. The lowest BCUT2D eigenvalue weighted by atomic mass is 10.1. The first-order valence-corrected chi connectivity index (χ1v) is 5.66. The molecule has 0 aliphatic heterocycles. The van der Waals surface area contributed by atoms with Crippen LogP contribution in [0.4, 0.5) is 0 Å². The predicted octanol–water partition coefficient (Wildman–Crippen LogP) is 0.929. The highest BCUT2D eigenvalue weighted by Gasteiger charge is 2.14. The van der Waals surface area contributed by atoms with Gasteiger partial charge in [-0.2, -0.15) is 0 Å². The molecule has 0 amide bonds. The van der Waals surface area contributed by atoms with Gasteiger partial charge in [0.05, 0.1) is 13.7 Å². The number of imidazole rings is 1. The summed E-state index contributed by atoms with van der Waals surface area (Å²) in [5.74, 6) is 0.619. The van der Waals surface area contributed by atoms with Gasteiger partial charge in [-0.3, -0.25) is 4.57 Å². The second-order valence-electron chi connectivity index (χ2n) is 4.10. The molecule has 2 aromatic rings. The molecule has 0 saturated heterocycles. The van der Waals surface area contributed by atoms with Crippen LogP contribution in [0.25, 0.3) is 0 Å². The van der Waals surface area contributed by atoms with Crippen molar-refractivity contribution in [3.8, 4) is 5.75 Å². The van der Waals surface area contributed by atoms with Gasteiger partial charge in [0.2, 0.25) is 0 Å². The summed E-state index contributed by atoms with van der Waals surface area (Å²) < 4.78 is 8.12. The summed E-state index contributed by atoms with van der Waals surface area (Å²) >= 11 is 0. The van der Waals surface area contributed by atoms with E-state index in [-0.39, 0.29) is 12.2 Å². The number of ether oxygens (including phenoxy) is 1. The summed E-state index contributed by atoms with van der Waals surface area (Å²) in [4.78, 5) is 11.7. The molecule has 1 aromatic carbocycles. The van der Waals surface area contributed by atoms with Crippen LogP contribution < -0.4 is 10.4 Å². The fourth-order valence-electron chi connectivity index (χ4n) is 1.88. The van der Waals surface area contributed by atoms with E-state index in [1.54, 1.807) is 38.7 Å². The fraction of sp³-hybridized carbons (Fsp3) is 0.308. The minimum absolute atomic E-state index is 0.149. The van der Waals surface area contributed by atoms with Crippen molar-refractivity contribution in [3.63, 3.8) is 0 Å². The highest BCUT2D eigenvalue weighted by Crippen LogP contribution is 2.25. The van der Waals surface area contributed by atoms with Crippen LogP contribution in [0.1, 0.15) is 11.7 Å². The van der Waals surface area contributed by atoms with Crippen LogP contribution in [0.15, 0.2) is 41.5 Å². The quantitative estimate of drug-likeness (QED) is 0.875. The van der Waals surface area contributed by atoms with E-state index in [0.717, 1.165) is 0 Å². The molecule has 1 N–H and O–H groups in total. The first-order chi connectivity index (χ1) is 8.63. The second kappa shape index (κ2) is 5.10. The number of nitrogens with zero attached hydrogens (tertiary/aromatic N) is 2. The summed E-state index contributed by atoms with van der Waals surface area (Å²) in [5.41, 5.74) is 0.528. The highest BCUT2D eigenvalue weighted by atomic mass is 16.5. The van der Waals surface area contributed by atoms with Gasteiger partial charge in [0.25, 0.3) is 0 Å². The van der Waals surface area contributed by atoms with E-state index in [9.17, 15) is 9.90 Å². The van der Waals surface area contributed by atoms with Gasteiger partial charge in [-0.05, 0) is 6.07 Å². The Hall–Kier alpha value is -2.01. The van der Waals surface area contributed by atoms with E-state index in [0.29, 0.717) is 11.3 Å². The number of para-hydroxylation sites is 1. The average Bonchev–Trinajstić information content (AvgIpc) is 2.70. The number of aliphatic hydroxyl groups is 1. The SMILES string of the molecule is COc1ccccc1C(O)Cn1ccn(C)c1=O. The van der Waals surface area contributed by atoms with Crippen LogP contribution in [0.2, 0.25) is 0 Å². The molecule has 5 heteroatoms. The standard InChI is InChI=1S/C13H16N2O3/c1-14-7-8-15(13(14)17)9-11(16)10-5-3-4-6-12(10)18-2/h3-8,11,16H,9H2,1-2H3. The van der Waals surface area contributed by atoms with Crippen molar-refractivity contribution in [1.82, 2.24) is 9.13 Å². The second-order valence-corrected chi connectivity index (χ2v) is 4.10. The van der Waals surface area contributed by atoms with E-state index in [1.165, 1.54) is 9.13 Å². The number of hydrogen-bond donors (Lipinski definition) is 1. The maximum Gasteiger partial charge on any atom is 0.327 e. The third-order valence-electron chi connectivity index (χ3n) is 2.89. The molecule has 1 aromatic heterocycles. The normalized spacial score (nSPS) is 12.4. The molecule has 1 heterocycles. The molecule has 96 valence electrons. The minimum atomic E-state index is -0.777. The Labute approximate surface area is 105 Å². The van der Waals surface area contributed by atoms with Crippen LogP contribution in [-0.2, 0) is 13.6 Å². The van der Waals surface area contributed by atoms with Gasteiger partial charge >= 0.3 is 5.69 Å². The van der Waals surface area contributed by atoms with Crippen molar-refractivity contribution in [2.75, 3.05) is 7.11 Å². The van der Waals surface area contributed by atoms with Crippen molar-refractivity contribution in [3.05, 3.63) is 52.7 Å². The largest absolute Gasteiger partial charge is 0.496 e. The Balaban J connectivity index is 2.24. The topological polar surface area (TPSA) is 56.4 Å². The van der Waals surface area contributed by atoms with Crippen molar-refractivity contribution in [1.29, 1.82) is 0 Å². The van der Waals surface area contributed by atoms with E-state index in [2.05, 4.69) is 0 Å². The summed E-state index contributed by atoms with van der Waals surface area (Å²) in [6, 6.07) is 7.24. The zero-order valence-corrected chi connectivity index (χ0v) is 10.4. The zero-order valence-electron chi connectivity index (χ0n) is 10.4. The molecule has 0 spiro atoms. The lowest BCUT2D eigenvalue weighted by molar-refractivity contribution is 0.151. The van der Waals surface area contributed by atoms with Crippen molar-refractivity contribution >= 4 is 0 Å². The first-order valence-electron chi connectivity index (χ1n) is 5.66. The lowest BCUT2D eigenvalue weighted by Crippen LogP contribution is -2.24. The van der Waals surface area contributed by atoms with Gasteiger partial charge in [-0.15, -0.1) is 0 Å². The van der Waals surface area contributed by atoms with E-state index in [4.69, 9.17) is 4.74 Å². The number of hydrogen-bond acceptors (Lipinski definition) is 3. The third-order valence-corrected chi connectivity index (χ3v) is 2.89. The Kier molecular flexibility index (Phi) is 3.53. The number of aliphatic hydroxyl groups excluding tert-OH is 1. The van der Waals surface area contributed by atoms with Gasteiger partial charge in [-0.1, -0.05) is 18.2 Å². The zero-order chi connectivity index (χ0) is 13.1. The molecule has 0 saturated carbocycles. The maximum absolute atomic E-state index is 11.7. The number of aromatic nitrogens is 2. The molecule has 1 unspecified atom stereocenters. The molecule has 5 nitrogen and oxygen atoms in total. The molecule has 0 aliphatic carbocycles. The summed E-state index contributed by atoms with van der Waals surface area (Å²) in [6.45, 7) is 0.208. The van der Waals surface area contributed by atoms with E-state index in [1.807, 2.05) is 12.1 Å². The molecular formula is C13H16N2O3. The Morgan fingerprint density at radius 2 is 2.06 bits per heavy atom.